The van der Waals surface area contributed by atoms with Crippen molar-refractivity contribution in [2.75, 3.05) is 20.8 Å². The van der Waals surface area contributed by atoms with E-state index < -0.39 is 23.8 Å². The Hall–Kier alpha value is -4.08. The molecule has 1 N–H and O–H groups in total. The van der Waals surface area contributed by atoms with Gasteiger partial charge in [-0.3, -0.25) is 19.8 Å². The second kappa shape index (κ2) is 8.95. The minimum absolute atomic E-state index is 0.119. The summed E-state index contributed by atoms with van der Waals surface area (Å²) >= 11 is 0. The smallest absolute Gasteiger partial charge is 0.343 e. The second-order valence-electron chi connectivity index (χ2n) is 6.06. The summed E-state index contributed by atoms with van der Waals surface area (Å²) in [5, 5.41) is 2.13. The summed E-state index contributed by atoms with van der Waals surface area (Å²) in [7, 11) is 2.64. The Bertz CT molecular complexity index is 1010. The third kappa shape index (κ3) is 4.49. The zero-order valence-electron chi connectivity index (χ0n) is 16.2. The van der Waals surface area contributed by atoms with Gasteiger partial charge in [0.1, 0.15) is 11.3 Å². The fourth-order valence-corrected chi connectivity index (χ4v) is 2.65. The lowest BCUT2D eigenvalue weighted by atomic mass is 10.1. The largest absolute Gasteiger partial charge is 0.493 e. The molecule has 1 saturated heterocycles. The number of imide groups is 2. The molecule has 2 heterocycles. The van der Waals surface area contributed by atoms with Crippen LogP contribution in [0.15, 0.2) is 46.6 Å². The van der Waals surface area contributed by atoms with Crippen molar-refractivity contribution in [1.82, 2.24) is 10.2 Å². The van der Waals surface area contributed by atoms with Crippen molar-refractivity contribution in [3.63, 3.8) is 0 Å². The fraction of sp³-hybridized carbons (Fsp3) is 0.200. The van der Waals surface area contributed by atoms with Crippen molar-refractivity contribution in [3.8, 4) is 11.5 Å². The molecule has 1 fully saturated rings. The van der Waals surface area contributed by atoms with E-state index in [0.29, 0.717) is 11.3 Å². The maximum atomic E-state index is 12.7. The molecule has 4 amide bonds. The van der Waals surface area contributed by atoms with Gasteiger partial charge in [-0.15, -0.1) is 0 Å². The van der Waals surface area contributed by atoms with Crippen LogP contribution in [0, 0.1) is 0 Å². The minimum Gasteiger partial charge on any atom is -0.493 e. The Morgan fingerprint density at radius 1 is 1.17 bits per heavy atom. The zero-order chi connectivity index (χ0) is 21.7. The third-order valence-electron chi connectivity index (χ3n) is 4.15. The predicted molar refractivity (Wildman–Crippen MR) is 101 cm³/mol. The van der Waals surface area contributed by atoms with Crippen molar-refractivity contribution in [2.24, 2.45) is 0 Å². The van der Waals surface area contributed by atoms with Gasteiger partial charge in [0.05, 0.1) is 27.0 Å². The van der Waals surface area contributed by atoms with Crippen LogP contribution in [0.3, 0.4) is 0 Å². The molecule has 1 aliphatic heterocycles. The topological polar surface area (TPSA) is 124 Å². The summed E-state index contributed by atoms with van der Waals surface area (Å²) in [6, 6.07) is 7.01. The number of hydrogen-bond acceptors (Lipinski definition) is 8. The zero-order valence-corrected chi connectivity index (χ0v) is 16.2. The van der Waals surface area contributed by atoms with Crippen LogP contribution in [0.4, 0.5) is 4.79 Å². The molecule has 0 unspecified atom stereocenters. The number of barbiturate groups is 1. The molecule has 1 aliphatic rings. The molecular weight excluding hydrogens is 396 g/mol. The third-order valence-corrected chi connectivity index (χ3v) is 4.15. The highest BCUT2D eigenvalue weighted by molar-refractivity contribution is 6.30. The average molecular weight is 414 g/mol. The first-order valence-corrected chi connectivity index (χ1v) is 8.72. The summed E-state index contributed by atoms with van der Waals surface area (Å²) in [6.45, 7) is -0.427. The summed E-state index contributed by atoms with van der Waals surface area (Å²) in [4.78, 5) is 49.1. The fourth-order valence-electron chi connectivity index (χ4n) is 2.65. The summed E-state index contributed by atoms with van der Waals surface area (Å²) in [6.07, 6.45) is 2.74. The molecule has 0 saturated carbocycles. The summed E-state index contributed by atoms with van der Waals surface area (Å²) in [5.74, 6) is -1.19. The number of urea groups is 1. The maximum absolute atomic E-state index is 12.7. The number of ether oxygens (including phenoxy) is 3. The van der Waals surface area contributed by atoms with E-state index in [1.54, 1.807) is 18.2 Å². The van der Waals surface area contributed by atoms with Gasteiger partial charge in [0.15, 0.2) is 18.1 Å². The molecule has 1 aromatic carbocycles. The number of esters is 1. The number of nitrogens with zero attached hydrogens (tertiary/aromatic N) is 1. The molecule has 0 radical (unpaired) electrons. The minimum atomic E-state index is -0.831. The van der Waals surface area contributed by atoms with Gasteiger partial charge in [0, 0.05) is 0 Å². The Morgan fingerprint density at radius 3 is 2.63 bits per heavy atom. The standard InChI is InChI=1S/C20H18N2O8/c1-27-16-9-12(5-6-15(16)30-11-17(23)28-2)8-14-18(24)21-20(26)22(19(14)25)10-13-4-3-7-29-13/h3-9H,10-11H2,1-2H3,(H,21,24,26)/b14-8+. The molecule has 0 atom stereocenters. The number of nitrogens with one attached hydrogen (secondary N) is 1. The number of carbonyl (C=O) groups excluding carboxylic acids is 4. The normalized spacial score (nSPS) is 15.2. The van der Waals surface area contributed by atoms with Gasteiger partial charge in [0.25, 0.3) is 11.8 Å². The van der Waals surface area contributed by atoms with E-state index in [2.05, 4.69) is 10.1 Å². The number of benzene rings is 1. The molecule has 1 aromatic heterocycles. The Morgan fingerprint density at radius 2 is 1.97 bits per heavy atom. The van der Waals surface area contributed by atoms with Crippen LogP contribution in [-0.4, -0.2) is 49.5 Å². The molecule has 30 heavy (non-hydrogen) atoms. The first kappa shape index (κ1) is 20.6. The Labute approximate surface area is 171 Å². The van der Waals surface area contributed by atoms with Crippen LogP contribution in [-0.2, 0) is 25.7 Å². The van der Waals surface area contributed by atoms with Gasteiger partial charge in [-0.25, -0.2) is 9.59 Å². The highest BCUT2D eigenvalue weighted by Gasteiger charge is 2.36. The monoisotopic (exact) mass is 414 g/mol. The van der Waals surface area contributed by atoms with Gasteiger partial charge in [-0.1, -0.05) is 6.07 Å². The van der Waals surface area contributed by atoms with Crippen molar-refractivity contribution >= 4 is 29.9 Å². The van der Waals surface area contributed by atoms with Crippen molar-refractivity contribution in [2.45, 2.75) is 6.54 Å². The van der Waals surface area contributed by atoms with Crippen LogP contribution in [0.5, 0.6) is 11.5 Å². The summed E-state index contributed by atoms with van der Waals surface area (Å²) in [5.41, 5.74) is 0.217. The van der Waals surface area contributed by atoms with Crippen LogP contribution >= 0.6 is 0 Å². The highest BCUT2D eigenvalue weighted by atomic mass is 16.6. The Kier molecular flexibility index (Phi) is 6.16. The number of rotatable bonds is 7. The van der Waals surface area contributed by atoms with E-state index in [1.807, 2.05) is 0 Å². The average Bonchev–Trinajstić information content (AvgIpc) is 3.26. The van der Waals surface area contributed by atoms with Crippen molar-refractivity contribution in [1.29, 1.82) is 0 Å². The second-order valence-corrected chi connectivity index (χ2v) is 6.06. The van der Waals surface area contributed by atoms with Crippen LogP contribution in [0.25, 0.3) is 6.08 Å². The highest BCUT2D eigenvalue weighted by Crippen LogP contribution is 2.29. The van der Waals surface area contributed by atoms with Gasteiger partial charge in [0.2, 0.25) is 0 Å². The van der Waals surface area contributed by atoms with Crippen molar-refractivity contribution < 1.29 is 37.8 Å². The van der Waals surface area contributed by atoms with Gasteiger partial charge in [-0.05, 0) is 35.9 Å². The number of methoxy groups -OCH3 is 2. The molecule has 3 rings (SSSR count). The molecule has 156 valence electrons. The lowest BCUT2D eigenvalue weighted by Gasteiger charge is -2.25. The SMILES string of the molecule is COC(=O)COc1ccc(/C=C2\C(=O)NC(=O)N(Cc3ccco3)C2=O)cc1OC. The predicted octanol–water partition coefficient (Wildman–Crippen LogP) is 1.50. The molecule has 0 aliphatic carbocycles. The first-order chi connectivity index (χ1) is 14.4. The number of amides is 4. The van der Waals surface area contributed by atoms with Crippen molar-refractivity contribution in [3.05, 3.63) is 53.5 Å². The molecule has 0 bridgehead atoms. The van der Waals surface area contributed by atoms with E-state index in [1.165, 1.54) is 38.7 Å². The molecule has 2 aromatic rings. The van der Waals surface area contributed by atoms with Crippen LogP contribution in [0.1, 0.15) is 11.3 Å². The van der Waals surface area contributed by atoms with Gasteiger partial charge in [-0.2, -0.15) is 0 Å². The molecule has 10 nitrogen and oxygen atoms in total. The number of hydrogen-bond donors (Lipinski definition) is 1. The maximum Gasteiger partial charge on any atom is 0.343 e. The van der Waals surface area contributed by atoms with Crippen LogP contribution < -0.4 is 14.8 Å². The molecule has 10 heteroatoms. The lowest BCUT2D eigenvalue weighted by Crippen LogP contribution is -2.53. The van der Waals surface area contributed by atoms with E-state index in [0.717, 1.165) is 4.90 Å². The van der Waals surface area contributed by atoms with Gasteiger partial charge < -0.3 is 18.6 Å². The van der Waals surface area contributed by atoms with E-state index in [9.17, 15) is 19.2 Å². The quantitative estimate of drug-likeness (QED) is 0.411. The number of carbonyl (C=O) groups is 4. The Balaban J connectivity index is 1.84. The first-order valence-electron chi connectivity index (χ1n) is 8.72. The van der Waals surface area contributed by atoms with Crippen LogP contribution in [0.2, 0.25) is 0 Å². The van der Waals surface area contributed by atoms with E-state index in [-0.39, 0.29) is 30.2 Å². The number of furan rings is 1. The van der Waals surface area contributed by atoms with E-state index in [4.69, 9.17) is 13.9 Å². The van der Waals surface area contributed by atoms with E-state index >= 15 is 0 Å². The molecule has 0 spiro atoms. The molecular formula is C20H18N2O8. The lowest BCUT2D eigenvalue weighted by molar-refractivity contribution is -0.143. The van der Waals surface area contributed by atoms with Gasteiger partial charge >= 0.3 is 12.0 Å². The summed E-state index contributed by atoms with van der Waals surface area (Å²) < 4.78 is 20.2.